The van der Waals surface area contributed by atoms with Crippen molar-refractivity contribution in [2.75, 3.05) is 80.3 Å². The van der Waals surface area contributed by atoms with Crippen molar-refractivity contribution in [2.45, 2.75) is 56.9 Å². The molecular formula is C36H51Cl4N5O6S. The Morgan fingerprint density at radius 3 is 2.23 bits per heavy atom. The van der Waals surface area contributed by atoms with Crippen LogP contribution >= 0.6 is 46.4 Å². The number of hydrogen-bond acceptors (Lipinski definition) is 8. The smallest absolute Gasteiger partial charge is 0.254 e. The molecule has 0 aromatic heterocycles. The normalized spacial score (nSPS) is 17.0. The quantitative estimate of drug-likeness (QED) is 0.0688. The van der Waals surface area contributed by atoms with E-state index in [2.05, 4.69) is 30.9 Å². The molecule has 0 saturated carbocycles. The van der Waals surface area contributed by atoms with Gasteiger partial charge >= 0.3 is 0 Å². The molecule has 1 atom stereocenters. The first-order chi connectivity index (χ1) is 24.3. The predicted octanol–water partition coefficient (Wildman–Crippen LogP) is 6.65. The first kappa shape index (κ1) is 44.2. The van der Waals surface area contributed by atoms with Crippen LogP contribution in [0.15, 0.2) is 41.6 Å². The maximum atomic E-state index is 13.6. The third kappa shape index (κ3) is 15.7. The second kappa shape index (κ2) is 20.5. The molecule has 2 amide bonds. The Hall–Kier alpha value is -2.16. The summed E-state index contributed by atoms with van der Waals surface area (Å²) in [6.07, 6.45) is 6.88. The number of likely N-dealkylation sites (tertiary alicyclic amines) is 2. The summed E-state index contributed by atoms with van der Waals surface area (Å²) < 4.78 is 28.1. The molecule has 290 valence electrons. The van der Waals surface area contributed by atoms with E-state index in [1.807, 2.05) is 12.1 Å². The van der Waals surface area contributed by atoms with E-state index in [-0.39, 0.29) is 18.4 Å². The molecule has 2 aliphatic rings. The van der Waals surface area contributed by atoms with Gasteiger partial charge < -0.3 is 28.6 Å². The number of rotatable bonds is 14. The maximum Gasteiger partial charge on any atom is 0.254 e. The van der Waals surface area contributed by atoms with Gasteiger partial charge in [0.1, 0.15) is 6.61 Å². The number of piperidine rings is 2. The van der Waals surface area contributed by atoms with Crippen molar-refractivity contribution >= 4 is 74.0 Å². The average Bonchev–Trinajstić information content (AvgIpc) is 3.04. The largest absolute Gasteiger partial charge is 0.748 e. The minimum Gasteiger partial charge on any atom is -0.748 e. The minimum atomic E-state index is -3.92. The molecule has 11 nitrogen and oxygen atoms in total. The number of halogens is 4. The first-order valence-electron chi connectivity index (χ1n) is 17.4. The first-order valence-corrected chi connectivity index (χ1v) is 20.7. The summed E-state index contributed by atoms with van der Waals surface area (Å²) in [5, 5.41) is 6.42. The lowest BCUT2D eigenvalue weighted by atomic mass is 9.89. The molecule has 16 heteroatoms. The molecule has 52 heavy (non-hydrogen) atoms. The van der Waals surface area contributed by atoms with Gasteiger partial charge in [0.15, 0.2) is 0 Å². The van der Waals surface area contributed by atoms with Gasteiger partial charge in [0.25, 0.3) is 5.91 Å². The van der Waals surface area contributed by atoms with Gasteiger partial charge in [-0.3, -0.25) is 9.59 Å². The second-order valence-electron chi connectivity index (χ2n) is 14.4. The highest BCUT2D eigenvalue weighted by atomic mass is 35.5. The molecule has 0 radical (unpaired) electrons. The molecule has 2 aromatic rings. The summed E-state index contributed by atoms with van der Waals surface area (Å²) in [7, 11) is 4.25. The van der Waals surface area contributed by atoms with Crippen molar-refractivity contribution in [3.63, 3.8) is 0 Å². The van der Waals surface area contributed by atoms with Gasteiger partial charge in [0.2, 0.25) is 5.91 Å². The van der Waals surface area contributed by atoms with E-state index in [0.29, 0.717) is 62.6 Å². The molecule has 2 aliphatic heterocycles. The van der Waals surface area contributed by atoms with Crippen LogP contribution in [-0.4, -0.2) is 136 Å². The molecule has 0 bridgehead atoms. The number of nitrogens with zero attached hydrogens (tertiary/aromatic N) is 5. The van der Waals surface area contributed by atoms with Crippen molar-refractivity contribution in [1.82, 2.24) is 14.7 Å². The number of hydrogen-bond donors (Lipinski definition) is 0. The lowest BCUT2D eigenvalue weighted by Gasteiger charge is -2.40. The van der Waals surface area contributed by atoms with Crippen molar-refractivity contribution in [3.8, 4) is 0 Å². The predicted molar refractivity (Wildman–Crippen MR) is 209 cm³/mol. The zero-order valence-corrected chi connectivity index (χ0v) is 34.5. The van der Waals surface area contributed by atoms with Crippen LogP contribution in [0.25, 0.3) is 0 Å². The third-order valence-corrected chi connectivity index (χ3v) is 10.1. The summed E-state index contributed by atoms with van der Waals surface area (Å²) >= 11 is 25.3. The molecule has 1 unspecified atom stereocenters. The van der Waals surface area contributed by atoms with Crippen LogP contribution in [0, 0.1) is 0 Å². The van der Waals surface area contributed by atoms with Gasteiger partial charge in [-0.2, -0.15) is 0 Å². The zero-order valence-electron chi connectivity index (χ0n) is 30.6. The monoisotopic (exact) mass is 821 g/mol. The fourth-order valence-corrected chi connectivity index (χ4v) is 7.21. The molecular weight excluding hydrogens is 772 g/mol. The van der Waals surface area contributed by atoms with E-state index in [1.54, 1.807) is 36.2 Å². The summed E-state index contributed by atoms with van der Waals surface area (Å²) in [4.78, 5) is 38.2. The summed E-state index contributed by atoms with van der Waals surface area (Å²) in [6, 6.07) is 10.8. The van der Waals surface area contributed by atoms with E-state index >= 15 is 0 Å². The van der Waals surface area contributed by atoms with Crippen molar-refractivity contribution in [3.05, 3.63) is 67.6 Å². The van der Waals surface area contributed by atoms with Crippen LogP contribution in [0.2, 0.25) is 20.1 Å². The Morgan fingerprint density at radius 1 is 1.02 bits per heavy atom. The SMILES string of the molecule is CN(C/C(=N\OCCC[N+](C)(C)C)C(CCN1CCC(N2CCCCC2=O)CC1)c1ccc(Cl)c(Cl)c1)C(=O)c1cc(Cl)cc(Cl)c1.CS(=O)(=O)[O-]. The fraction of sp³-hybridized carbons (Fsp3) is 0.583. The number of benzene rings is 2. The van der Waals surface area contributed by atoms with Crippen LogP contribution < -0.4 is 0 Å². The summed E-state index contributed by atoms with van der Waals surface area (Å²) in [5.41, 5.74) is 2.06. The van der Waals surface area contributed by atoms with E-state index in [4.69, 9.17) is 69.4 Å². The van der Waals surface area contributed by atoms with E-state index in [1.165, 1.54) is 0 Å². The number of quaternary nitrogens is 1. The van der Waals surface area contributed by atoms with Crippen LogP contribution in [0.3, 0.4) is 0 Å². The summed E-state index contributed by atoms with van der Waals surface area (Å²) in [6.45, 7) is 5.15. The Balaban J connectivity index is 0.00000136. The van der Waals surface area contributed by atoms with Crippen LogP contribution in [-0.2, 0) is 19.8 Å². The number of oxime groups is 1. The summed E-state index contributed by atoms with van der Waals surface area (Å²) in [5.74, 6) is -0.118. The Kier molecular flexibility index (Phi) is 17.4. The number of carbonyl (C=O) groups excluding carboxylic acids is 2. The van der Waals surface area contributed by atoms with Crippen molar-refractivity contribution in [1.29, 1.82) is 0 Å². The second-order valence-corrected chi connectivity index (χ2v) is 17.5. The van der Waals surface area contributed by atoms with Gasteiger partial charge in [-0.25, -0.2) is 8.42 Å². The lowest BCUT2D eigenvalue weighted by Crippen LogP contribution is -2.49. The zero-order chi connectivity index (χ0) is 38.6. The number of amides is 2. The highest BCUT2D eigenvalue weighted by molar-refractivity contribution is 7.84. The van der Waals surface area contributed by atoms with Crippen LogP contribution in [0.1, 0.15) is 66.8 Å². The Morgan fingerprint density at radius 2 is 1.65 bits per heavy atom. The Labute approximate surface area is 329 Å². The van der Waals surface area contributed by atoms with Crippen molar-refractivity contribution in [2.24, 2.45) is 5.16 Å². The highest BCUT2D eigenvalue weighted by Gasteiger charge is 2.31. The van der Waals surface area contributed by atoms with Crippen LogP contribution in [0.4, 0.5) is 0 Å². The molecule has 4 rings (SSSR count). The van der Waals surface area contributed by atoms with Gasteiger partial charge in [-0.1, -0.05) is 57.6 Å². The Bertz CT molecular complexity index is 1620. The molecule has 0 spiro atoms. The van der Waals surface area contributed by atoms with Crippen molar-refractivity contribution < 1.29 is 31.9 Å². The molecule has 0 aliphatic carbocycles. The van der Waals surface area contributed by atoms with Gasteiger partial charge in [-0.05, 0) is 74.5 Å². The fourth-order valence-electron chi connectivity index (χ4n) is 6.38. The molecule has 0 N–H and O–H groups in total. The van der Waals surface area contributed by atoms with E-state index in [0.717, 1.165) is 81.3 Å². The minimum absolute atomic E-state index is 0.192. The molecule has 2 saturated heterocycles. The third-order valence-electron chi connectivity index (χ3n) is 8.94. The highest BCUT2D eigenvalue weighted by Crippen LogP contribution is 2.31. The molecule has 2 fully saturated rings. The standard InChI is InChI=1S/C35H48Cl4N5O3.CH4O3S/c1-41(35(46)26-20-27(36)23-28(37)21-26)24-33(40-47-19-7-18-44(2,3)4)30(25-9-10-31(38)32(39)22-25)13-17-42-15-11-29(12-16-42)43-14-6-5-8-34(43)45;1-5(2,3)4/h9-10,20-23,29-30H,5-8,11-19,24H2,1-4H3;1H3,(H,2,3,4)/q+1;/p-1/b40-33+;. The van der Waals surface area contributed by atoms with Gasteiger partial charge in [-0.15, -0.1) is 0 Å². The maximum absolute atomic E-state index is 13.6. The topological polar surface area (TPSA) is 123 Å². The van der Waals surface area contributed by atoms with Crippen LogP contribution in [0.5, 0.6) is 0 Å². The van der Waals surface area contributed by atoms with E-state index < -0.39 is 10.1 Å². The number of carbonyl (C=O) groups is 2. The average molecular weight is 824 g/mol. The lowest BCUT2D eigenvalue weighted by molar-refractivity contribution is -0.870. The van der Waals surface area contributed by atoms with E-state index in [9.17, 15) is 9.59 Å². The molecule has 2 heterocycles. The van der Waals surface area contributed by atoms with Gasteiger partial charge in [0.05, 0.1) is 60.1 Å². The molecule has 2 aromatic carbocycles. The van der Waals surface area contributed by atoms with Gasteiger partial charge in [0, 0.05) is 73.3 Å².